The summed E-state index contributed by atoms with van der Waals surface area (Å²) in [5.74, 6) is 1.12. The second kappa shape index (κ2) is 5.01. The summed E-state index contributed by atoms with van der Waals surface area (Å²) < 4.78 is 11.1. The van der Waals surface area contributed by atoms with E-state index in [1.165, 1.54) is 0 Å². The highest BCUT2D eigenvalue weighted by Gasteiger charge is 2.12. The number of methoxy groups -OCH3 is 1. The number of nitrogens with two attached hydrogens (primary N) is 1. The Morgan fingerprint density at radius 3 is 2.71 bits per heavy atom. The van der Waals surface area contributed by atoms with E-state index in [9.17, 15) is 0 Å². The Morgan fingerprint density at radius 2 is 2.18 bits per heavy atom. The van der Waals surface area contributed by atoms with Gasteiger partial charge in [-0.1, -0.05) is 5.16 Å². The number of anilines is 1. The quantitative estimate of drug-likeness (QED) is 0.880. The van der Waals surface area contributed by atoms with E-state index in [1.54, 1.807) is 24.9 Å². The van der Waals surface area contributed by atoms with Gasteiger partial charge in [0.1, 0.15) is 11.4 Å². The Morgan fingerprint density at radius 1 is 1.41 bits per heavy atom. The van der Waals surface area contributed by atoms with Crippen LogP contribution in [0.1, 0.15) is 0 Å². The van der Waals surface area contributed by atoms with Crippen LogP contribution in [0.15, 0.2) is 32.1 Å². The Hall–Kier alpha value is -1.14. The molecular weight excluding hydrogens is 304 g/mol. The zero-order chi connectivity index (χ0) is 12.4. The molecule has 0 aliphatic heterocycles. The maximum atomic E-state index is 5.51. The zero-order valence-corrected chi connectivity index (χ0v) is 11.8. The van der Waals surface area contributed by atoms with E-state index in [0.717, 1.165) is 20.7 Å². The molecule has 0 aliphatic rings. The first-order valence-corrected chi connectivity index (χ1v) is 6.81. The van der Waals surface area contributed by atoms with Gasteiger partial charge in [-0.25, -0.2) is 0 Å². The molecule has 2 N–H and O–H groups in total. The topological polar surface area (TPSA) is 61.3 Å². The van der Waals surface area contributed by atoms with Crippen molar-refractivity contribution < 1.29 is 9.26 Å². The summed E-state index contributed by atoms with van der Waals surface area (Å²) in [6.45, 7) is 0. The number of hydrogen-bond acceptors (Lipinski definition) is 5. The lowest BCUT2D eigenvalue weighted by molar-refractivity contribution is 0.402. The van der Waals surface area contributed by atoms with Crippen LogP contribution in [0.25, 0.3) is 11.3 Å². The van der Waals surface area contributed by atoms with E-state index < -0.39 is 0 Å². The molecule has 2 aromatic rings. The van der Waals surface area contributed by atoms with Gasteiger partial charge in [0, 0.05) is 11.6 Å². The zero-order valence-electron chi connectivity index (χ0n) is 9.36. The van der Waals surface area contributed by atoms with E-state index in [0.29, 0.717) is 11.6 Å². The Bertz CT molecular complexity index is 542. The van der Waals surface area contributed by atoms with Gasteiger partial charge in [-0.15, -0.1) is 11.8 Å². The van der Waals surface area contributed by atoms with Crippen molar-refractivity contribution in [2.75, 3.05) is 19.1 Å². The van der Waals surface area contributed by atoms with E-state index in [4.69, 9.17) is 15.0 Å². The average Bonchev–Trinajstić information content (AvgIpc) is 2.74. The largest absolute Gasteiger partial charge is 0.494 e. The van der Waals surface area contributed by atoms with Crippen LogP contribution in [-0.2, 0) is 0 Å². The molecule has 0 saturated carbocycles. The SMILES string of the molecule is COc1c(Br)cc(-c2cc(N)on2)cc1SC. The van der Waals surface area contributed by atoms with Gasteiger partial charge in [-0.2, -0.15) is 0 Å². The van der Waals surface area contributed by atoms with Gasteiger partial charge in [-0.3, -0.25) is 0 Å². The lowest BCUT2D eigenvalue weighted by atomic mass is 10.1. The van der Waals surface area contributed by atoms with Crippen molar-refractivity contribution in [3.63, 3.8) is 0 Å². The van der Waals surface area contributed by atoms with Gasteiger partial charge in [0.15, 0.2) is 0 Å². The molecule has 2 rings (SSSR count). The van der Waals surface area contributed by atoms with Crippen LogP contribution < -0.4 is 10.5 Å². The van der Waals surface area contributed by atoms with Crippen molar-refractivity contribution in [2.45, 2.75) is 4.90 Å². The first kappa shape index (κ1) is 12.3. The molecule has 6 heteroatoms. The number of rotatable bonds is 3. The van der Waals surface area contributed by atoms with Crippen LogP contribution in [0.2, 0.25) is 0 Å². The van der Waals surface area contributed by atoms with Gasteiger partial charge >= 0.3 is 0 Å². The minimum Gasteiger partial charge on any atom is -0.494 e. The fourth-order valence-corrected chi connectivity index (χ4v) is 2.87. The van der Waals surface area contributed by atoms with E-state index >= 15 is 0 Å². The smallest absolute Gasteiger partial charge is 0.222 e. The maximum absolute atomic E-state index is 5.51. The van der Waals surface area contributed by atoms with Crippen LogP contribution in [-0.4, -0.2) is 18.5 Å². The molecule has 1 heterocycles. The molecule has 0 fully saturated rings. The first-order chi connectivity index (χ1) is 8.15. The Kier molecular flexibility index (Phi) is 3.63. The second-order valence-corrected chi connectivity index (χ2v) is 5.01. The number of nitrogens with zero attached hydrogens (tertiary/aromatic N) is 1. The van der Waals surface area contributed by atoms with Crippen LogP contribution in [0.5, 0.6) is 5.75 Å². The van der Waals surface area contributed by atoms with E-state index in [-0.39, 0.29) is 0 Å². The number of halogens is 1. The number of benzene rings is 1. The third-order valence-electron chi connectivity index (χ3n) is 2.26. The molecule has 0 radical (unpaired) electrons. The van der Waals surface area contributed by atoms with Crippen LogP contribution in [0.3, 0.4) is 0 Å². The summed E-state index contributed by atoms with van der Waals surface area (Å²) in [7, 11) is 1.65. The highest BCUT2D eigenvalue weighted by atomic mass is 79.9. The summed E-state index contributed by atoms with van der Waals surface area (Å²) >= 11 is 5.08. The fourth-order valence-electron chi connectivity index (χ4n) is 1.49. The standard InChI is InChI=1S/C11H11BrN2O2S/c1-15-11-7(12)3-6(4-9(11)17-2)8-5-10(13)16-14-8/h3-5H,13H2,1-2H3. The van der Waals surface area contributed by atoms with Gasteiger partial charge in [0.05, 0.1) is 16.5 Å². The molecule has 90 valence electrons. The molecule has 0 amide bonds. The van der Waals surface area contributed by atoms with Crippen molar-refractivity contribution in [2.24, 2.45) is 0 Å². The normalized spacial score (nSPS) is 10.5. The predicted molar refractivity (Wildman–Crippen MR) is 72.4 cm³/mol. The minimum atomic E-state index is 0.303. The molecule has 17 heavy (non-hydrogen) atoms. The van der Waals surface area contributed by atoms with E-state index in [2.05, 4.69) is 21.1 Å². The molecule has 0 bridgehead atoms. The molecule has 1 aromatic carbocycles. The lowest BCUT2D eigenvalue weighted by Crippen LogP contribution is -1.89. The van der Waals surface area contributed by atoms with E-state index in [1.807, 2.05) is 18.4 Å². The third kappa shape index (κ3) is 2.42. The number of aromatic nitrogens is 1. The van der Waals surface area contributed by atoms with Crippen LogP contribution >= 0.6 is 27.7 Å². The highest BCUT2D eigenvalue weighted by Crippen LogP contribution is 2.38. The van der Waals surface area contributed by atoms with Crippen LogP contribution in [0, 0.1) is 0 Å². The third-order valence-corrected chi connectivity index (χ3v) is 3.59. The summed E-state index contributed by atoms with van der Waals surface area (Å²) in [6.07, 6.45) is 1.99. The Balaban J connectivity index is 2.53. The van der Waals surface area contributed by atoms with Crippen LogP contribution in [0.4, 0.5) is 5.88 Å². The highest BCUT2D eigenvalue weighted by molar-refractivity contribution is 9.10. The summed E-state index contributed by atoms with van der Waals surface area (Å²) in [5.41, 5.74) is 7.15. The summed E-state index contributed by atoms with van der Waals surface area (Å²) in [4.78, 5) is 1.03. The maximum Gasteiger partial charge on any atom is 0.222 e. The number of hydrogen-bond donors (Lipinski definition) is 1. The van der Waals surface area contributed by atoms with Gasteiger partial charge in [0.2, 0.25) is 5.88 Å². The van der Waals surface area contributed by atoms with Gasteiger partial charge in [-0.05, 0) is 34.3 Å². The summed E-state index contributed by atoms with van der Waals surface area (Å²) in [5, 5.41) is 3.89. The molecule has 4 nitrogen and oxygen atoms in total. The molecule has 0 unspecified atom stereocenters. The molecule has 0 spiro atoms. The Labute approximate surface area is 112 Å². The van der Waals surface area contributed by atoms with Crippen molar-refractivity contribution >= 4 is 33.6 Å². The molecule has 1 aromatic heterocycles. The minimum absolute atomic E-state index is 0.303. The second-order valence-electron chi connectivity index (χ2n) is 3.31. The molecule has 0 atom stereocenters. The molecule has 0 saturated heterocycles. The predicted octanol–water partition coefficient (Wildman–Crippen LogP) is 3.42. The lowest BCUT2D eigenvalue weighted by Gasteiger charge is -2.10. The number of thioether (sulfide) groups is 1. The fraction of sp³-hybridized carbons (Fsp3) is 0.182. The molecular formula is C11H11BrN2O2S. The van der Waals surface area contributed by atoms with Gasteiger partial charge in [0.25, 0.3) is 0 Å². The van der Waals surface area contributed by atoms with Gasteiger partial charge < -0.3 is 15.0 Å². The monoisotopic (exact) mass is 314 g/mol. The van der Waals surface area contributed by atoms with Crippen molar-refractivity contribution in [3.8, 4) is 17.0 Å². The van der Waals surface area contributed by atoms with Crippen molar-refractivity contribution in [1.82, 2.24) is 5.16 Å². The average molecular weight is 315 g/mol. The van der Waals surface area contributed by atoms with Crippen molar-refractivity contribution in [1.29, 1.82) is 0 Å². The summed E-state index contributed by atoms with van der Waals surface area (Å²) in [6, 6.07) is 5.61. The van der Waals surface area contributed by atoms with Crippen molar-refractivity contribution in [3.05, 3.63) is 22.7 Å². The first-order valence-electron chi connectivity index (χ1n) is 4.79. The number of ether oxygens (including phenoxy) is 1. The molecule has 0 aliphatic carbocycles. The number of nitrogen functional groups attached to an aromatic ring is 1.